The van der Waals surface area contributed by atoms with Crippen molar-refractivity contribution in [1.82, 2.24) is 0 Å². The SMILES string of the molecule is COC(COCCCSSC)C(C)=O. The highest BCUT2D eigenvalue weighted by Crippen LogP contribution is 2.17. The Kier molecular flexibility index (Phi) is 10.0. The highest BCUT2D eigenvalue weighted by atomic mass is 33.1. The predicted octanol–water partition coefficient (Wildman–Crippen LogP) is 2.01. The zero-order valence-electron chi connectivity index (χ0n) is 8.95. The zero-order valence-corrected chi connectivity index (χ0v) is 10.6. The van der Waals surface area contributed by atoms with E-state index in [1.807, 2.05) is 10.8 Å². The lowest BCUT2D eigenvalue weighted by Crippen LogP contribution is -2.26. The third kappa shape index (κ3) is 7.67. The second-order valence-electron chi connectivity index (χ2n) is 2.75. The molecule has 1 unspecified atom stereocenters. The summed E-state index contributed by atoms with van der Waals surface area (Å²) in [7, 11) is 5.10. The van der Waals surface area contributed by atoms with Gasteiger partial charge in [-0.1, -0.05) is 21.6 Å². The van der Waals surface area contributed by atoms with Gasteiger partial charge < -0.3 is 9.47 Å². The molecule has 0 saturated heterocycles. The Labute approximate surface area is 93.7 Å². The summed E-state index contributed by atoms with van der Waals surface area (Å²) in [6, 6.07) is 0. The van der Waals surface area contributed by atoms with Crippen molar-refractivity contribution in [1.29, 1.82) is 0 Å². The molecule has 14 heavy (non-hydrogen) atoms. The van der Waals surface area contributed by atoms with E-state index in [-0.39, 0.29) is 5.78 Å². The largest absolute Gasteiger partial charge is 0.378 e. The quantitative estimate of drug-likeness (QED) is 0.453. The molecule has 0 saturated carbocycles. The molecule has 0 aliphatic carbocycles. The van der Waals surface area contributed by atoms with Crippen LogP contribution in [-0.2, 0) is 14.3 Å². The van der Waals surface area contributed by atoms with E-state index in [4.69, 9.17) is 9.47 Å². The average Bonchev–Trinajstić information content (AvgIpc) is 2.16. The van der Waals surface area contributed by atoms with E-state index in [2.05, 4.69) is 6.26 Å². The van der Waals surface area contributed by atoms with Crippen LogP contribution < -0.4 is 0 Å². The fourth-order valence-electron chi connectivity index (χ4n) is 0.845. The highest BCUT2D eigenvalue weighted by Gasteiger charge is 2.12. The first kappa shape index (κ1) is 14.3. The minimum Gasteiger partial charge on any atom is -0.378 e. The standard InChI is InChI=1S/C9H18O3S2/c1-8(10)9(11-2)7-12-5-4-6-14-13-3/h9H,4-7H2,1-3H3. The minimum absolute atomic E-state index is 0.0194. The highest BCUT2D eigenvalue weighted by molar-refractivity contribution is 8.76. The molecular formula is C9H18O3S2. The Morgan fingerprint density at radius 1 is 1.50 bits per heavy atom. The smallest absolute Gasteiger partial charge is 0.160 e. The van der Waals surface area contributed by atoms with Crippen molar-refractivity contribution in [2.75, 3.05) is 32.3 Å². The second kappa shape index (κ2) is 9.83. The van der Waals surface area contributed by atoms with Gasteiger partial charge in [-0.2, -0.15) is 0 Å². The van der Waals surface area contributed by atoms with Crippen molar-refractivity contribution >= 4 is 27.4 Å². The molecule has 0 rings (SSSR count). The molecule has 0 aliphatic rings. The predicted molar refractivity (Wildman–Crippen MR) is 62.9 cm³/mol. The van der Waals surface area contributed by atoms with Gasteiger partial charge in [-0.25, -0.2) is 0 Å². The van der Waals surface area contributed by atoms with E-state index in [1.165, 1.54) is 14.0 Å². The van der Waals surface area contributed by atoms with Crippen LogP contribution in [0.15, 0.2) is 0 Å². The molecule has 0 aromatic rings. The van der Waals surface area contributed by atoms with Crippen LogP contribution in [0.5, 0.6) is 0 Å². The fraction of sp³-hybridized carbons (Fsp3) is 0.889. The van der Waals surface area contributed by atoms with Gasteiger partial charge in [0.1, 0.15) is 6.10 Å². The van der Waals surface area contributed by atoms with Gasteiger partial charge in [-0.3, -0.25) is 4.79 Å². The second-order valence-corrected chi connectivity index (χ2v) is 5.44. The van der Waals surface area contributed by atoms with Crippen LogP contribution in [0.1, 0.15) is 13.3 Å². The number of ketones is 1. The van der Waals surface area contributed by atoms with Crippen molar-refractivity contribution in [3.8, 4) is 0 Å². The Balaban J connectivity index is 3.29. The molecule has 0 heterocycles. The topological polar surface area (TPSA) is 35.5 Å². The maximum atomic E-state index is 10.9. The monoisotopic (exact) mass is 238 g/mol. The third-order valence-corrected chi connectivity index (χ3v) is 3.54. The summed E-state index contributed by atoms with van der Waals surface area (Å²) in [4.78, 5) is 10.9. The maximum Gasteiger partial charge on any atom is 0.160 e. The molecule has 0 amide bonds. The van der Waals surface area contributed by atoms with Crippen molar-refractivity contribution in [2.45, 2.75) is 19.4 Å². The van der Waals surface area contributed by atoms with E-state index in [9.17, 15) is 4.79 Å². The van der Waals surface area contributed by atoms with Crippen LogP contribution >= 0.6 is 21.6 Å². The summed E-state index contributed by atoms with van der Waals surface area (Å²) in [5.74, 6) is 1.10. The lowest BCUT2D eigenvalue weighted by Gasteiger charge is -2.11. The first-order chi connectivity index (χ1) is 6.72. The number of rotatable bonds is 9. The van der Waals surface area contributed by atoms with Crippen LogP contribution in [0, 0.1) is 0 Å². The number of carbonyl (C=O) groups is 1. The normalized spacial score (nSPS) is 12.8. The van der Waals surface area contributed by atoms with E-state index >= 15 is 0 Å². The number of methoxy groups -OCH3 is 1. The molecule has 0 fully saturated rings. The van der Waals surface area contributed by atoms with E-state index in [1.54, 1.807) is 10.8 Å². The fourth-order valence-corrected chi connectivity index (χ4v) is 2.10. The van der Waals surface area contributed by atoms with Crippen molar-refractivity contribution < 1.29 is 14.3 Å². The first-order valence-electron chi connectivity index (χ1n) is 4.49. The summed E-state index contributed by atoms with van der Waals surface area (Å²) in [6.07, 6.45) is 2.67. The van der Waals surface area contributed by atoms with Crippen LogP contribution in [0.2, 0.25) is 0 Å². The number of hydrogen-bond donors (Lipinski definition) is 0. The van der Waals surface area contributed by atoms with Gasteiger partial charge in [0, 0.05) is 19.5 Å². The van der Waals surface area contributed by atoms with Gasteiger partial charge in [-0.15, -0.1) is 0 Å². The van der Waals surface area contributed by atoms with Crippen LogP contribution in [0.25, 0.3) is 0 Å². The molecule has 84 valence electrons. The van der Waals surface area contributed by atoms with Gasteiger partial charge in [0.15, 0.2) is 5.78 Å². The van der Waals surface area contributed by atoms with Crippen LogP contribution in [0.4, 0.5) is 0 Å². The van der Waals surface area contributed by atoms with E-state index < -0.39 is 6.10 Å². The Bertz CT molecular complexity index is 153. The molecule has 3 nitrogen and oxygen atoms in total. The number of carbonyl (C=O) groups excluding carboxylic acids is 1. The molecular weight excluding hydrogens is 220 g/mol. The molecule has 0 aliphatic heterocycles. The van der Waals surface area contributed by atoms with Gasteiger partial charge >= 0.3 is 0 Å². The average molecular weight is 238 g/mol. The number of ether oxygens (including phenoxy) is 2. The summed E-state index contributed by atoms with van der Waals surface area (Å²) in [5, 5.41) is 0. The van der Waals surface area contributed by atoms with E-state index in [0.717, 1.165) is 12.2 Å². The molecule has 0 N–H and O–H groups in total. The number of hydrogen-bond acceptors (Lipinski definition) is 5. The van der Waals surface area contributed by atoms with Crippen LogP contribution in [0.3, 0.4) is 0 Å². The first-order valence-corrected chi connectivity index (χ1v) is 7.21. The van der Waals surface area contributed by atoms with Gasteiger partial charge in [0.25, 0.3) is 0 Å². The van der Waals surface area contributed by atoms with Gasteiger partial charge in [0.05, 0.1) is 6.61 Å². The molecule has 0 spiro atoms. The summed E-state index contributed by atoms with van der Waals surface area (Å²) in [5.41, 5.74) is 0. The Hall–Kier alpha value is 0.290. The minimum atomic E-state index is -0.400. The molecule has 1 atom stereocenters. The Morgan fingerprint density at radius 3 is 2.71 bits per heavy atom. The summed E-state index contributed by atoms with van der Waals surface area (Å²) < 4.78 is 10.3. The van der Waals surface area contributed by atoms with Gasteiger partial charge in [-0.05, 0) is 19.6 Å². The van der Waals surface area contributed by atoms with Crippen molar-refractivity contribution in [2.24, 2.45) is 0 Å². The molecule has 0 aromatic heterocycles. The van der Waals surface area contributed by atoms with E-state index in [0.29, 0.717) is 13.2 Å². The third-order valence-electron chi connectivity index (χ3n) is 1.64. The molecule has 0 bridgehead atoms. The van der Waals surface area contributed by atoms with Crippen molar-refractivity contribution in [3.05, 3.63) is 0 Å². The zero-order chi connectivity index (χ0) is 10.8. The lowest BCUT2D eigenvalue weighted by atomic mass is 10.3. The van der Waals surface area contributed by atoms with Crippen molar-refractivity contribution in [3.63, 3.8) is 0 Å². The Morgan fingerprint density at radius 2 is 2.21 bits per heavy atom. The summed E-state index contributed by atoms with van der Waals surface area (Å²) in [6.45, 7) is 2.58. The summed E-state index contributed by atoms with van der Waals surface area (Å²) >= 11 is 0. The molecule has 0 aromatic carbocycles. The number of Topliss-reactive ketones (excluding diaryl/α,β-unsaturated/α-hetero) is 1. The lowest BCUT2D eigenvalue weighted by molar-refractivity contribution is -0.130. The molecule has 0 radical (unpaired) electrons. The maximum absolute atomic E-state index is 10.9. The molecule has 5 heteroatoms. The van der Waals surface area contributed by atoms with Gasteiger partial charge in [0.2, 0.25) is 0 Å². The van der Waals surface area contributed by atoms with Crippen LogP contribution in [-0.4, -0.2) is 44.2 Å².